The molecule has 212 valence electrons. The Balaban J connectivity index is 1.80. The minimum atomic E-state index is -4.90. The van der Waals surface area contributed by atoms with E-state index >= 15 is 0 Å². The Kier molecular flexibility index (Phi) is 8.34. The molecule has 1 aliphatic rings. The number of likely N-dealkylation sites (N-methyl/N-ethyl adjacent to an activating group) is 1. The zero-order valence-corrected chi connectivity index (χ0v) is 22.6. The molecule has 4 rings (SSSR count). The first-order chi connectivity index (χ1) is 19.0. The predicted molar refractivity (Wildman–Crippen MR) is 146 cm³/mol. The Morgan fingerprint density at radius 1 is 1.12 bits per heavy atom. The molecular weight excluding hydrogens is 528 g/mol. The highest BCUT2D eigenvalue weighted by Crippen LogP contribution is 2.43. The van der Waals surface area contributed by atoms with Crippen molar-refractivity contribution in [2.24, 2.45) is 0 Å². The van der Waals surface area contributed by atoms with E-state index in [1.165, 1.54) is 26.2 Å². The summed E-state index contributed by atoms with van der Waals surface area (Å²) in [7, 11) is 1.40. The number of amides is 2. The van der Waals surface area contributed by atoms with Crippen LogP contribution in [0.5, 0.6) is 5.75 Å². The molecule has 0 radical (unpaired) electrons. The number of aromatic amines is 1. The number of hydrogen-bond donors (Lipinski definition) is 3. The Morgan fingerprint density at radius 3 is 2.48 bits per heavy atom. The zero-order valence-electron chi connectivity index (χ0n) is 22.6. The van der Waals surface area contributed by atoms with E-state index in [-0.39, 0.29) is 28.9 Å². The number of aryl methyl sites for hydroxylation is 1. The molecule has 0 saturated heterocycles. The molecule has 11 heteroatoms. The largest absolute Gasteiger partial charge is 0.497 e. The quantitative estimate of drug-likeness (QED) is 0.232. The number of alkyl halides is 3. The zero-order chi connectivity index (χ0) is 29.2. The number of carbonyl (C=O) groups excluding carboxylic acids is 2. The second-order valence-electron chi connectivity index (χ2n) is 9.28. The number of halogens is 4. The summed E-state index contributed by atoms with van der Waals surface area (Å²) >= 11 is 0. The van der Waals surface area contributed by atoms with E-state index in [9.17, 15) is 27.2 Å². The van der Waals surface area contributed by atoms with Gasteiger partial charge in [-0.3, -0.25) is 9.59 Å². The Labute approximate surface area is 229 Å². The van der Waals surface area contributed by atoms with Gasteiger partial charge in [0.15, 0.2) is 0 Å². The van der Waals surface area contributed by atoms with Crippen molar-refractivity contribution >= 4 is 29.2 Å². The number of nitrogens with zero attached hydrogens (tertiary/aromatic N) is 1. The number of methoxy groups -OCH3 is 1. The van der Waals surface area contributed by atoms with Crippen LogP contribution in [-0.2, 0) is 11.0 Å². The highest BCUT2D eigenvalue weighted by molar-refractivity contribution is 6.36. The minimum Gasteiger partial charge on any atom is -0.497 e. The van der Waals surface area contributed by atoms with Gasteiger partial charge in [0.25, 0.3) is 11.8 Å². The van der Waals surface area contributed by atoms with E-state index in [0.717, 1.165) is 19.2 Å². The van der Waals surface area contributed by atoms with E-state index < -0.39 is 40.6 Å². The molecule has 0 bridgehead atoms. The molecule has 0 atom stereocenters. The van der Waals surface area contributed by atoms with E-state index in [1.54, 1.807) is 24.3 Å². The number of hydrogen-bond acceptors (Lipinski definition) is 4. The number of H-pyrrole nitrogens is 1. The summed E-state index contributed by atoms with van der Waals surface area (Å²) in [6, 6.07) is 8.98. The standard InChI is InChI=1S/C29H30F4N4O3/c1-5-37(6-2)13-12-34-28(39)24-16(3)35-23(26(24)29(31,32)33)15-20-25-19(8-7-9-22(25)36-27(20)38)18-11-10-17(40-4)14-21(18)30/h7-11,14-15,35H,5-6,12-13H2,1-4H3,(H,34,39)(H,36,38)/b20-15-. The summed E-state index contributed by atoms with van der Waals surface area (Å²) in [5.74, 6) is -1.85. The monoisotopic (exact) mass is 558 g/mol. The topological polar surface area (TPSA) is 86.5 Å². The van der Waals surface area contributed by atoms with Crippen molar-refractivity contribution in [3.63, 3.8) is 0 Å². The predicted octanol–water partition coefficient (Wildman–Crippen LogP) is 5.72. The lowest BCUT2D eigenvalue weighted by molar-refractivity contribution is -0.138. The van der Waals surface area contributed by atoms with Crippen LogP contribution in [0.15, 0.2) is 36.4 Å². The molecule has 7 nitrogen and oxygen atoms in total. The molecule has 40 heavy (non-hydrogen) atoms. The number of aromatic nitrogens is 1. The van der Waals surface area contributed by atoms with Gasteiger partial charge in [0.1, 0.15) is 11.6 Å². The summed E-state index contributed by atoms with van der Waals surface area (Å²) in [5, 5.41) is 5.21. The molecule has 3 N–H and O–H groups in total. The maximum Gasteiger partial charge on any atom is 0.419 e. The van der Waals surface area contributed by atoms with Gasteiger partial charge in [0, 0.05) is 41.7 Å². The number of rotatable bonds is 9. The van der Waals surface area contributed by atoms with Crippen LogP contribution in [0.3, 0.4) is 0 Å². The highest BCUT2D eigenvalue weighted by atomic mass is 19.4. The SMILES string of the molecule is CCN(CC)CCNC(=O)c1c(C)[nH]c(/C=C2\C(=O)Nc3cccc(-c4ccc(OC)cc4F)c32)c1C(F)(F)F. The number of nitrogens with one attached hydrogen (secondary N) is 3. The van der Waals surface area contributed by atoms with E-state index in [0.29, 0.717) is 23.5 Å². The maximum atomic E-state index is 15.0. The Morgan fingerprint density at radius 2 is 1.85 bits per heavy atom. The molecule has 0 unspecified atom stereocenters. The molecule has 0 saturated carbocycles. The van der Waals surface area contributed by atoms with Gasteiger partial charge in [0.05, 0.1) is 29.5 Å². The smallest absolute Gasteiger partial charge is 0.419 e. The van der Waals surface area contributed by atoms with Crippen LogP contribution >= 0.6 is 0 Å². The summed E-state index contributed by atoms with van der Waals surface area (Å²) in [6.45, 7) is 7.43. The van der Waals surface area contributed by atoms with Crippen LogP contribution < -0.4 is 15.4 Å². The molecule has 2 aromatic carbocycles. The molecular formula is C29H30F4N4O3. The van der Waals surface area contributed by atoms with Crippen LogP contribution in [-0.4, -0.2) is 55.0 Å². The van der Waals surface area contributed by atoms with Gasteiger partial charge >= 0.3 is 6.18 Å². The van der Waals surface area contributed by atoms with Crippen molar-refractivity contribution in [1.29, 1.82) is 0 Å². The molecule has 2 amide bonds. The molecule has 3 aromatic rings. The van der Waals surface area contributed by atoms with Crippen molar-refractivity contribution in [1.82, 2.24) is 15.2 Å². The first kappa shape index (κ1) is 28.9. The van der Waals surface area contributed by atoms with Crippen LogP contribution in [0, 0.1) is 12.7 Å². The molecule has 1 aliphatic heterocycles. The van der Waals surface area contributed by atoms with Crippen molar-refractivity contribution in [3.05, 3.63) is 70.3 Å². The minimum absolute atomic E-state index is 0.00706. The fourth-order valence-electron chi connectivity index (χ4n) is 4.89. The van der Waals surface area contributed by atoms with Gasteiger partial charge in [-0.15, -0.1) is 0 Å². The van der Waals surface area contributed by atoms with Crippen LogP contribution in [0.1, 0.15) is 46.7 Å². The van der Waals surface area contributed by atoms with Gasteiger partial charge in [-0.2, -0.15) is 13.2 Å². The van der Waals surface area contributed by atoms with Gasteiger partial charge in [0.2, 0.25) is 0 Å². The van der Waals surface area contributed by atoms with E-state index in [1.807, 2.05) is 18.7 Å². The molecule has 1 aromatic heterocycles. The third-order valence-electron chi connectivity index (χ3n) is 6.92. The van der Waals surface area contributed by atoms with E-state index in [2.05, 4.69) is 15.6 Å². The molecule has 2 heterocycles. The van der Waals surface area contributed by atoms with Gasteiger partial charge in [-0.25, -0.2) is 4.39 Å². The van der Waals surface area contributed by atoms with Gasteiger partial charge in [-0.1, -0.05) is 26.0 Å². The normalized spacial score (nSPS) is 14.0. The number of ether oxygens (including phenoxy) is 1. The summed E-state index contributed by atoms with van der Waals surface area (Å²) in [4.78, 5) is 30.6. The van der Waals surface area contributed by atoms with Gasteiger partial charge < -0.3 is 25.3 Å². The van der Waals surface area contributed by atoms with Crippen LogP contribution in [0.25, 0.3) is 22.8 Å². The third kappa shape index (κ3) is 5.60. The number of benzene rings is 2. The number of carbonyl (C=O) groups is 2. The average Bonchev–Trinajstić information content (AvgIpc) is 3.42. The Hall–Kier alpha value is -4.12. The average molecular weight is 559 g/mol. The fraction of sp³-hybridized carbons (Fsp3) is 0.310. The van der Waals surface area contributed by atoms with Crippen molar-refractivity contribution in [2.45, 2.75) is 26.9 Å². The van der Waals surface area contributed by atoms with Crippen molar-refractivity contribution < 1.29 is 31.9 Å². The third-order valence-corrected chi connectivity index (χ3v) is 6.92. The van der Waals surface area contributed by atoms with Gasteiger partial charge in [-0.05, 0) is 49.9 Å². The van der Waals surface area contributed by atoms with Crippen LogP contribution in [0.2, 0.25) is 0 Å². The molecule has 0 fully saturated rings. The lowest BCUT2D eigenvalue weighted by Crippen LogP contribution is -2.35. The second kappa shape index (κ2) is 11.5. The van der Waals surface area contributed by atoms with E-state index in [4.69, 9.17) is 4.74 Å². The highest BCUT2D eigenvalue weighted by Gasteiger charge is 2.41. The number of anilines is 1. The lowest BCUT2D eigenvalue weighted by Gasteiger charge is -2.18. The first-order valence-corrected chi connectivity index (χ1v) is 12.8. The molecule has 0 aliphatic carbocycles. The lowest BCUT2D eigenvalue weighted by atomic mass is 9.93. The summed E-state index contributed by atoms with van der Waals surface area (Å²) in [6.07, 6.45) is -3.84. The summed E-state index contributed by atoms with van der Waals surface area (Å²) < 4.78 is 63.2. The second-order valence-corrected chi connectivity index (χ2v) is 9.28. The first-order valence-electron chi connectivity index (χ1n) is 12.8. The van der Waals surface area contributed by atoms with Crippen molar-refractivity contribution in [3.8, 4) is 16.9 Å². The van der Waals surface area contributed by atoms with Crippen LogP contribution in [0.4, 0.5) is 23.2 Å². The summed E-state index contributed by atoms with van der Waals surface area (Å²) in [5.41, 5.74) is -1.20. The van der Waals surface area contributed by atoms with Crippen molar-refractivity contribution in [2.75, 3.05) is 38.6 Å². The molecule has 0 spiro atoms. The fourth-order valence-corrected chi connectivity index (χ4v) is 4.89. The number of fused-ring (bicyclic) bond motifs is 1. The Bertz CT molecular complexity index is 1470. The maximum absolute atomic E-state index is 15.0.